The Labute approximate surface area is 166 Å². The van der Waals surface area contributed by atoms with E-state index in [-0.39, 0.29) is 44.6 Å². The molecule has 29 heavy (non-hydrogen) atoms. The first-order valence-corrected chi connectivity index (χ1v) is 10.2. The third-order valence-electron chi connectivity index (χ3n) is 4.40. The van der Waals surface area contributed by atoms with Crippen LogP contribution in [0.4, 0.5) is 11.4 Å². The number of nitro groups is 2. The monoisotopic (exact) mass is 419 g/mol. The van der Waals surface area contributed by atoms with Crippen LogP contribution >= 0.6 is 0 Å². The highest BCUT2D eigenvalue weighted by Gasteiger charge is 2.35. The number of nitrogens with one attached hydrogen (secondary N) is 1. The number of ether oxygens (including phenoxy) is 1. The van der Waals surface area contributed by atoms with Gasteiger partial charge >= 0.3 is 5.97 Å². The Morgan fingerprint density at radius 1 is 1.07 bits per heavy atom. The van der Waals surface area contributed by atoms with E-state index in [0.29, 0.717) is 0 Å². The van der Waals surface area contributed by atoms with Crippen LogP contribution in [-0.2, 0) is 19.7 Å². The highest BCUT2D eigenvalue weighted by atomic mass is 32.3. The summed E-state index contributed by atoms with van der Waals surface area (Å²) in [5.74, 6) is -0.700. The highest BCUT2D eigenvalue weighted by Crippen LogP contribution is 2.40. The second-order valence-corrected chi connectivity index (χ2v) is 8.61. The van der Waals surface area contributed by atoms with E-state index in [1.165, 1.54) is 49.4 Å². The molecular weight excluding hydrogens is 402 g/mol. The largest absolute Gasteiger partial charge is 0.462 e. The molecule has 0 fully saturated rings. The summed E-state index contributed by atoms with van der Waals surface area (Å²) in [6.45, 7) is 3.24. The van der Waals surface area contributed by atoms with Gasteiger partial charge < -0.3 is 9.46 Å². The summed E-state index contributed by atoms with van der Waals surface area (Å²) in [7, 11) is -3.57. The predicted molar refractivity (Wildman–Crippen MR) is 105 cm³/mol. The minimum Gasteiger partial charge on any atom is -0.462 e. The molecule has 11 heteroatoms. The quantitative estimate of drug-likeness (QED) is 0.328. The molecule has 3 rings (SSSR count). The molecule has 1 heterocycles. The summed E-state index contributed by atoms with van der Waals surface area (Å²) in [5.41, 5.74) is -0.0103. The van der Waals surface area contributed by atoms with Crippen LogP contribution in [0.25, 0.3) is 5.57 Å². The summed E-state index contributed by atoms with van der Waals surface area (Å²) in [6, 6.07) is 8.88. The molecule has 0 unspecified atom stereocenters. The van der Waals surface area contributed by atoms with Gasteiger partial charge in [-0.05, 0) is 32.0 Å². The van der Waals surface area contributed by atoms with E-state index in [9.17, 15) is 29.2 Å². The van der Waals surface area contributed by atoms with Crippen molar-refractivity contribution in [1.82, 2.24) is 4.72 Å². The number of fused-ring (bicyclic) bond motifs is 1. The SMILES string of the molecule is CCOC(=O)C1=C(C)N[SH](=O)(c2ccc([N+](=O)[O-])cc2)c2ccc([N+](=O)[O-])cc21. The predicted octanol–water partition coefficient (Wildman–Crippen LogP) is 2.75. The number of thiol groups is 1. The minimum absolute atomic E-state index is 0.0546. The van der Waals surface area contributed by atoms with Crippen molar-refractivity contribution in [3.63, 3.8) is 0 Å². The first kappa shape index (κ1) is 20.1. The Morgan fingerprint density at radius 3 is 2.21 bits per heavy atom. The number of carbonyl (C=O) groups excluding carboxylic acids is 1. The van der Waals surface area contributed by atoms with E-state index >= 15 is 0 Å². The number of rotatable bonds is 5. The molecule has 0 radical (unpaired) electrons. The van der Waals surface area contributed by atoms with E-state index in [1.807, 2.05) is 0 Å². The van der Waals surface area contributed by atoms with Gasteiger partial charge in [-0.2, -0.15) is 0 Å². The first-order valence-electron chi connectivity index (χ1n) is 8.49. The molecular formula is C18H17N3O7S. The van der Waals surface area contributed by atoms with Crippen LogP contribution < -0.4 is 4.72 Å². The molecule has 0 spiro atoms. The Kier molecular flexibility index (Phi) is 5.16. The van der Waals surface area contributed by atoms with Gasteiger partial charge in [-0.1, -0.05) is 0 Å². The lowest BCUT2D eigenvalue weighted by atomic mass is 10.0. The maximum atomic E-state index is 13.9. The fraction of sp³-hybridized carbons (Fsp3) is 0.167. The van der Waals surface area contributed by atoms with Crippen molar-refractivity contribution in [3.05, 3.63) is 74.0 Å². The maximum Gasteiger partial charge on any atom is 0.340 e. The van der Waals surface area contributed by atoms with Gasteiger partial charge in [0.15, 0.2) is 0 Å². The number of non-ortho nitro benzene ring substituents is 2. The fourth-order valence-corrected chi connectivity index (χ4v) is 5.60. The van der Waals surface area contributed by atoms with Gasteiger partial charge in [-0.3, -0.25) is 24.4 Å². The van der Waals surface area contributed by atoms with Crippen molar-refractivity contribution in [2.45, 2.75) is 23.6 Å². The average Bonchev–Trinajstić information content (AvgIpc) is 2.67. The number of hydrogen-bond acceptors (Lipinski definition) is 7. The molecule has 0 aromatic heterocycles. The number of esters is 1. The molecule has 1 aliphatic heterocycles. The zero-order chi connectivity index (χ0) is 21.3. The lowest BCUT2D eigenvalue weighted by Crippen LogP contribution is -2.36. The van der Waals surface area contributed by atoms with Crippen LogP contribution in [-0.4, -0.2) is 26.6 Å². The molecule has 0 saturated carbocycles. The van der Waals surface area contributed by atoms with Crippen molar-refractivity contribution >= 4 is 33.0 Å². The molecule has 0 bridgehead atoms. The molecule has 0 amide bonds. The molecule has 0 aliphatic carbocycles. The maximum absolute atomic E-state index is 13.9. The molecule has 2 aromatic rings. The number of carbonyl (C=O) groups is 1. The zero-order valence-electron chi connectivity index (χ0n) is 15.4. The first-order chi connectivity index (χ1) is 13.7. The van der Waals surface area contributed by atoms with Gasteiger partial charge in [0.2, 0.25) is 0 Å². The number of benzene rings is 2. The lowest BCUT2D eigenvalue weighted by molar-refractivity contribution is -0.385. The standard InChI is InChI=1S/C18H17N3O7S/c1-3-28-18(22)17-11(2)19-29(27,14-7-4-12(5-8-14)20(23)24)16-9-6-13(21(25)26)10-15(16)17/h4-10,29H,3H2,1-2H3,(H,19,27). The summed E-state index contributed by atoms with van der Waals surface area (Å²) >= 11 is 0. The summed E-state index contributed by atoms with van der Waals surface area (Å²) < 4.78 is 21.8. The van der Waals surface area contributed by atoms with Crippen molar-refractivity contribution in [3.8, 4) is 0 Å². The van der Waals surface area contributed by atoms with Crippen molar-refractivity contribution in [1.29, 1.82) is 0 Å². The van der Waals surface area contributed by atoms with Crippen LogP contribution in [0.15, 0.2) is 58.0 Å². The number of nitrogens with zero attached hydrogens (tertiary/aromatic N) is 2. The molecule has 1 N–H and O–H groups in total. The zero-order valence-corrected chi connectivity index (χ0v) is 16.3. The topological polar surface area (TPSA) is 142 Å². The van der Waals surface area contributed by atoms with Crippen LogP contribution in [0.1, 0.15) is 19.4 Å². The lowest BCUT2D eigenvalue weighted by Gasteiger charge is -2.34. The van der Waals surface area contributed by atoms with Crippen molar-refractivity contribution in [2.75, 3.05) is 6.61 Å². The second-order valence-electron chi connectivity index (χ2n) is 6.17. The van der Waals surface area contributed by atoms with Gasteiger partial charge in [0, 0.05) is 55.4 Å². The third kappa shape index (κ3) is 3.47. The van der Waals surface area contributed by atoms with Gasteiger partial charge in [0.1, 0.15) is 0 Å². The van der Waals surface area contributed by atoms with Gasteiger partial charge in [-0.25, -0.2) is 4.79 Å². The van der Waals surface area contributed by atoms with E-state index in [2.05, 4.69) is 4.72 Å². The van der Waals surface area contributed by atoms with Crippen molar-refractivity contribution in [2.24, 2.45) is 0 Å². The highest BCUT2D eigenvalue weighted by molar-refractivity contribution is 8.01. The Morgan fingerprint density at radius 2 is 1.66 bits per heavy atom. The molecule has 152 valence electrons. The average molecular weight is 419 g/mol. The number of hydrogen-bond donors (Lipinski definition) is 2. The number of nitro benzene ring substituents is 2. The third-order valence-corrected chi connectivity index (χ3v) is 7.15. The molecule has 0 saturated heterocycles. The van der Waals surface area contributed by atoms with E-state index in [4.69, 9.17) is 4.74 Å². The normalized spacial score (nSPS) is 15.7. The summed E-state index contributed by atoms with van der Waals surface area (Å²) in [6.07, 6.45) is 0. The smallest absolute Gasteiger partial charge is 0.340 e. The van der Waals surface area contributed by atoms with Gasteiger partial charge in [-0.15, -0.1) is 0 Å². The molecule has 2 aromatic carbocycles. The number of allylic oxidation sites excluding steroid dienone is 1. The van der Waals surface area contributed by atoms with Crippen LogP contribution in [0, 0.1) is 20.2 Å². The van der Waals surface area contributed by atoms with E-state index < -0.39 is 25.9 Å². The van der Waals surface area contributed by atoms with Gasteiger partial charge in [0.25, 0.3) is 11.4 Å². The molecule has 0 atom stereocenters. The minimum atomic E-state index is -3.57. The van der Waals surface area contributed by atoms with Crippen LogP contribution in [0.5, 0.6) is 0 Å². The van der Waals surface area contributed by atoms with Crippen molar-refractivity contribution < 1.29 is 23.6 Å². The Balaban J connectivity index is 2.23. The van der Waals surface area contributed by atoms with E-state index in [1.54, 1.807) is 6.92 Å². The van der Waals surface area contributed by atoms with Crippen LogP contribution in [0.3, 0.4) is 0 Å². The van der Waals surface area contributed by atoms with Crippen LogP contribution in [0.2, 0.25) is 0 Å². The summed E-state index contributed by atoms with van der Waals surface area (Å²) in [4.78, 5) is 33.9. The summed E-state index contributed by atoms with van der Waals surface area (Å²) in [5, 5.41) is 22.1. The molecule has 1 aliphatic rings. The Bertz CT molecular complexity index is 1110. The fourth-order valence-electron chi connectivity index (χ4n) is 3.12. The second kappa shape index (κ2) is 7.43. The molecule has 10 nitrogen and oxygen atoms in total. The van der Waals surface area contributed by atoms with E-state index in [0.717, 1.165) is 0 Å². The Hall–Kier alpha value is -3.60. The van der Waals surface area contributed by atoms with Gasteiger partial charge in [0.05, 0.1) is 22.0 Å².